The number of carbonyl (C=O) groups excluding carboxylic acids is 1. The van der Waals surface area contributed by atoms with Crippen LogP contribution < -0.4 is 0 Å². The molecule has 3 heteroatoms. The summed E-state index contributed by atoms with van der Waals surface area (Å²) in [5.74, 6) is 2.38. The van der Waals surface area contributed by atoms with Crippen molar-refractivity contribution in [3.05, 3.63) is 11.6 Å². The lowest BCUT2D eigenvalue weighted by Gasteiger charge is -2.61. The molecule has 0 amide bonds. The predicted octanol–water partition coefficient (Wildman–Crippen LogP) is 4.51. The maximum atomic E-state index is 12.0. The average molecular weight is 375 g/mol. The summed E-state index contributed by atoms with van der Waals surface area (Å²) in [7, 11) is 0. The van der Waals surface area contributed by atoms with E-state index in [1.54, 1.807) is 0 Å². The van der Waals surface area contributed by atoms with E-state index in [0.29, 0.717) is 36.5 Å². The van der Waals surface area contributed by atoms with Gasteiger partial charge in [0.1, 0.15) is 0 Å². The Hall–Kier alpha value is -0.670. The molecule has 4 aliphatic rings. The Kier molecular flexibility index (Phi) is 4.87. The standard InChI is InChI=1S/C24H38O3/c1-5-6-14(2)17-7-8-18-22-19(13-21(27)24(17,18)4)23(3)10-9-16(25)11-15(23)12-20(22)26/h11,14,17-22,26-27H,5-10,12-13H2,1-4H3/t14-,17-,18+,19+,20-,21+,22+,23+,24-/m1/s1. The highest BCUT2D eigenvalue weighted by Gasteiger charge is 2.64. The highest BCUT2D eigenvalue weighted by molar-refractivity contribution is 5.91. The van der Waals surface area contributed by atoms with Crippen LogP contribution in [0.4, 0.5) is 0 Å². The molecule has 4 rings (SSSR count). The monoisotopic (exact) mass is 374 g/mol. The van der Waals surface area contributed by atoms with Crippen LogP contribution in [0.25, 0.3) is 0 Å². The Balaban J connectivity index is 1.70. The number of ketones is 1. The first-order chi connectivity index (χ1) is 12.7. The Morgan fingerprint density at radius 2 is 1.96 bits per heavy atom. The van der Waals surface area contributed by atoms with Crippen molar-refractivity contribution in [1.82, 2.24) is 0 Å². The first kappa shape index (κ1) is 19.6. The smallest absolute Gasteiger partial charge is 0.155 e. The summed E-state index contributed by atoms with van der Waals surface area (Å²) >= 11 is 0. The second-order valence-corrected chi connectivity index (χ2v) is 10.7. The summed E-state index contributed by atoms with van der Waals surface area (Å²) in [5.41, 5.74) is 1.06. The summed E-state index contributed by atoms with van der Waals surface area (Å²) in [4.78, 5) is 12.0. The molecule has 0 heterocycles. The Bertz CT molecular complexity index is 640. The molecule has 0 saturated heterocycles. The van der Waals surface area contributed by atoms with Gasteiger partial charge in [-0.2, -0.15) is 0 Å². The van der Waals surface area contributed by atoms with Crippen molar-refractivity contribution >= 4 is 5.78 Å². The summed E-state index contributed by atoms with van der Waals surface area (Å²) in [6, 6.07) is 0. The highest BCUT2D eigenvalue weighted by atomic mass is 16.3. The number of aliphatic hydroxyl groups excluding tert-OH is 2. The predicted molar refractivity (Wildman–Crippen MR) is 107 cm³/mol. The van der Waals surface area contributed by atoms with E-state index in [2.05, 4.69) is 27.7 Å². The first-order valence-corrected chi connectivity index (χ1v) is 11.3. The molecule has 152 valence electrons. The van der Waals surface area contributed by atoms with Gasteiger partial charge < -0.3 is 10.2 Å². The van der Waals surface area contributed by atoms with Crippen LogP contribution in [0.3, 0.4) is 0 Å². The van der Waals surface area contributed by atoms with Crippen LogP contribution in [0.2, 0.25) is 0 Å². The van der Waals surface area contributed by atoms with Gasteiger partial charge in [0.2, 0.25) is 0 Å². The Morgan fingerprint density at radius 3 is 2.67 bits per heavy atom. The van der Waals surface area contributed by atoms with Gasteiger partial charge in [0.25, 0.3) is 0 Å². The lowest BCUT2D eigenvalue weighted by atomic mass is 9.45. The van der Waals surface area contributed by atoms with Gasteiger partial charge in [0.15, 0.2) is 5.78 Å². The second kappa shape index (κ2) is 6.69. The van der Waals surface area contributed by atoms with Crippen molar-refractivity contribution in [2.45, 2.75) is 91.3 Å². The highest BCUT2D eigenvalue weighted by Crippen LogP contribution is 2.67. The molecule has 27 heavy (non-hydrogen) atoms. The minimum atomic E-state index is -0.364. The lowest BCUT2D eigenvalue weighted by Crippen LogP contribution is -2.60. The topological polar surface area (TPSA) is 57.5 Å². The number of hydrogen-bond acceptors (Lipinski definition) is 3. The van der Waals surface area contributed by atoms with Crippen molar-refractivity contribution in [2.75, 3.05) is 0 Å². The third kappa shape index (κ3) is 2.71. The van der Waals surface area contributed by atoms with Crippen molar-refractivity contribution in [2.24, 2.45) is 40.4 Å². The molecule has 0 aromatic heterocycles. The molecule has 0 aromatic carbocycles. The van der Waals surface area contributed by atoms with Gasteiger partial charge in [-0.3, -0.25) is 4.79 Å². The number of fused-ring (bicyclic) bond motifs is 5. The fourth-order valence-electron chi connectivity index (χ4n) is 8.12. The molecular formula is C24H38O3. The zero-order valence-electron chi connectivity index (χ0n) is 17.6. The van der Waals surface area contributed by atoms with Crippen molar-refractivity contribution in [3.63, 3.8) is 0 Å². The fourth-order valence-corrected chi connectivity index (χ4v) is 8.12. The van der Waals surface area contributed by atoms with Crippen LogP contribution in [0.15, 0.2) is 11.6 Å². The molecule has 2 N–H and O–H groups in total. The van der Waals surface area contributed by atoms with E-state index in [0.717, 1.165) is 24.8 Å². The summed E-state index contributed by atoms with van der Waals surface area (Å²) in [6.07, 6.45) is 8.86. The maximum Gasteiger partial charge on any atom is 0.155 e. The van der Waals surface area contributed by atoms with Crippen molar-refractivity contribution in [1.29, 1.82) is 0 Å². The lowest BCUT2D eigenvalue weighted by molar-refractivity contribution is -0.168. The Morgan fingerprint density at radius 1 is 1.22 bits per heavy atom. The van der Waals surface area contributed by atoms with E-state index in [1.165, 1.54) is 19.3 Å². The van der Waals surface area contributed by atoms with Gasteiger partial charge >= 0.3 is 0 Å². The third-order valence-corrected chi connectivity index (χ3v) is 9.59. The molecule has 0 unspecified atom stereocenters. The van der Waals surface area contributed by atoms with E-state index in [4.69, 9.17) is 0 Å². The minimum Gasteiger partial charge on any atom is -0.393 e. The third-order valence-electron chi connectivity index (χ3n) is 9.59. The van der Waals surface area contributed by atoms with Gasteiger partial charge in [-0.1, -0.05) is 46.1 Å². The van der Waals surface area contributed by atoms with E-state index < -0.39 is 0 Å². The molecule has 3 saturated carbocycles. The normalized spacial score (nSPS) is 50.4. The molecule has 0 bridgehead atoms. The number of hydrogen-bond donors (Lipinski definition) is 2. The maximum absolute atomic E-state index is 12.0. The van der Waals surface area contributed by atoms with Crippen LogP contribution in [0, 0.1) is 40.4 Å². The molecule has 3 fully saturated rings. The number of carbonyl (C=O) groups is 1. The zero-order valence-corrected chi connectivity index (χ0v) is 17.6. The van der Waals surface area contributed by atoms with Gasteiger partial charge in [0.05, 0.1) is 12.2 Å². The molecule has 0 aromatic rings. The second-order valence-electron chi connectivity index (χ2n) is 10.7. The molecule has 3 nitrogen and oxygen atoms in total. The van der Waals surface area contributed by atoms with E-state index in [9.17, 15) is 15.0 Å². The van der Waals surface area contributed by atoms with Gasteiger partial charge in [0, 0.05) is 6.42 Å². The number of rotatable bonds is 3. The van der Waals surface area contributed by atoms with Crippen LogP contribution in [0.1, 0.15) is 79.1 Å². The quantitative estimate of drug-likeness (QED) is 0.764. The van der Waals surface area contributed by atoms with Crippen molar-refractivity contribution in [3.8, 4) is 0 Å². The van der Waals surface area contributed by atoms with E-state index in [-0.39, 0.29) is 34.7 Å². The molecule has 0 radical (unpaired) electrons. The summed E-state index contributed by atoms with van der Waals surface area (Å²) < 4.78 is 0. The average Bonchev–Trinajstić information content (AvgIpc) is 2.96. The number of aliphatic hydroxyl groups is 2. The van der Waals surface area contributed by atoms with Gasteiger partial charge in [-0.15, -0.1) is 0 Å². The molecule has 0 spiro atoms. The van der Waals surface area contributed by atoms with Crippen molar-refractivity contribution < 1.29 is 15.0 Å². The van der Waals surface area contributed by atoms with E-state index in [1.807, 2.05) is 6.08 Å². The minimum absolute atomic E-state index is 0.0206. The summed E-state index contributed by atoms with van der Waals surface area (Å²) in [5, 5.41) is 22.6. The van der Waals surface area contributed by atoms with Crippen LogP contribution >= 0.6 is 0 Å². The fraction of sp³-hybridized carbons (Fsp3) is 0.875. The zero-order chi connectivity index (χ0) is 19.6. The molecular weight excluding hydrogens is 336 g/mol. The molecule has 0 aliphatic heterocycles. The SMILES string of the molecule is CCC[C@@H](C)[C@H]1CC[C@H]2[C@@H]3[C@H](O)CC4=CC(=O)CC[C@]4(C)[C@H]3C[C@H](O)[C@]12C. The first-order valence-electron chi connectivity index (χ1n) is 11.3. The Labute approximate surface area is 164 Å². The van der Waals surface area contributed by atoms with Crippen LogP contribution in [0.5, 0.6) is 0 Å². The molecule has 4 aliphatic carbocycles. The van der Waals surface area contributed by atoms with Gasteiger partial charge in [-0.05, 0) is 78.6 Å². The van der Waals surface area contributed by atoms with E-state index >= 15 is 0 Å². The van der Waals surface area contributed by atoms with Crippen LogP contribution in [-0.2, 0) is 4.79 Å². The van der Waals surface area contributed by atoms with Crippen LogP contribution in [-0.4, -0.2) is 28.2 Å². The largest absolute Gasteiger partial charge is 0.393 e. The summed E-state index contributed by atoms with van der Waals surface area (Å²) in [6.45, 7) is 9.25. The molecule has 9 atom stereocenters. The van der Waals surface area contributed by atoms with Gasteiger partial charge in [-0.25, -0.2) is 0 Å².